The fourth-order valence-corrected chi connectivity index (χ4v) is 2.91. The van der Waals surface area contributed by atoms with E-state index in [2.05, 4.69) is 26.3 Å². The Bertz CT molecular complexity index is 728. The Morgan fingerprint density at radius 3 is 2.78 bits per heavy atom. The molecular weight excluding hydrogens is 290 g/mol. The predicted octanol–water partition coefficient (Wildman–Crippen LogP) is 1.31. The SMILES string of the molecule is Cc1ncc(C(Cc2ccc(C#N)cc2)N2CCNC(=O)C2)[nH]1. The molecule has 0 radical (unpaired) electrons. The van der Waals surface area contributed by atoms with Crippen molar-refractivity contribution in [2.45, 2.75) is 19.4 Å². The van der Waals surface area contributed by atoms with Gasteiger partial charge in [-0.05, 0) is 31.0 Å². The molecule has 0 spiro atoms. The number of H-pyrrole nitrogens is 1. The van der Waals surface area contributed by atoms with Gasteiger partial charge in [0.05, 0.1) is 29.9 Å². The van der Waals surface area contributed by atoms with Crippen molar-refractivity contribution in [3.05, 3.63) is 53.1 Å². The molecule has 23 heavy (non-hydrogen) atoms. The summed E-state index contributed by atoms with van der Waals surface area (Å²) in [5, 5.41) is 11.8. The molecule has 2 aromatic rings. The molecular formula is C17H19N5O. The molecule has 0 bridgehead atoms. The van der Waals surface area contributed by atoms with Crippen molar-refractivity contribution >= 4 is 5.91 Å². The second-order valence-corrected chi connectivity index (χ2v) is 5.77. The number of benzene rings is 1. The highest BCUT2D eigenvalue weighted by atomic mass is 16.2. The minimum atomic E-state index is 0.0531. The molecule has 2 heterocycles. The van der Waals surface area contributed by atoms with Gasteiger partial charge in [-0.3, -0.25) is 9.69 Å². The van der Waals surface area contributed by atoms with Crippen LogP contribution in [0, 0.1) is 18.3 Å². The Morgan fingerprint density at radius 1 is 1.39 bits per heavy atom. The van der Waals surface area contributed by atoms with Gasteiger partial charge in [-0.15, -0.1) is 0 Å². The zero-order valence-corrected chi connectivity index (χ0v) is 13.0. The second-order valence-electron chi connectivity index (χ2n) is 5.77. The molecule has 2 N–H and O–H groups in total. The maximum absolute atomic E-state index is 11.7. The highest BCUT2D eigenvalue weighted by molar-refractivity contribution is 5.78. The van der Waals surface area contributed by atoms with Crippen LogP contribution in [0.15, 0.2) is 30.5 Å². The first-order valence-corrected chi connectivity index (χ1v) is 7.67. The van der Waals surface area contributed by atoms with Gasteiger partial charge in [0, 0.05) is 19.3 Å². The maximum Gasteiger partial charge on any atom is 0.234 e. The van der Waals surface area contributed by atoms with E-state index in [-0.39, 0.29) is 11.9 Å². The van der Waals surface area contributed by atoms with Crippen molar-refractivity contribution in [3.8, 4) is 6.07 Å². The summed E-state index contributed by atoms with van der Waals surface area (Å²) in [4.78, 5) is 21.5. The van der Waals surface area contributed by atoms with Crippen molar-refractivity contribution in [1.82, 2.24) is 20.2 Å². The second kappa shape index (κ2) is 6.63. The van der Waals surface area contributed by atoms with Gasteiger partial charge in [-0.25, -0.2) is 4.98 Å². The summed E-state index contributed by atoms with van der Waals surface area (Å²) in [5.41, 5.74) is 2.80. The standard InChI is InChI=1S/C17H19N5O/c1-12-20-10-15(21-12)16(22-7-6-19-17(23)11-22)8-13-2-4-14(9-18)5-3-13/h2-5,10,16H,6-8,11H2,1H3,(H,19,23)(H,20,21). The number of aromatic amines is 1. The van der Waals surface area contributed by atoms with E-state index >= 15 is 0 Å². The topological polar surface area (TPSA) is 84.8 Å². The smallest absolute Gasteiger partial charge is 0.234 e. The van der Waals surface area contributed by atoms with Crippen molar-refractivity contribution in [2.24, 2.45) is 0 Å². The largest absolute Gasteiger partial charge is 0.354 e. The summed E-state index contributed by atoms with van der Waals surface area (Å²) in [7, 11) is 0. The number of nitrogens with one attached hydrogen (secondary N) is 2. The Morgan fingerprint density at radius 2 is 2.17 bits per heavy atom. The molecule has 118 valence electrons. The van der Waals surface area contributed by atoms with Crippen LogP contribution >= 0.6 is 0 Å². The monoisotopic (exact) mass is 309 g/mol. The summed E-state index contributed by atoms with van der Waals surface area (Å²) in [6, 6.07) is 9.79. The highest BCUT2D eigenvalue weighted by Crippen LogP contribution is 2.24. The molecule has 0 saturated carbocycles. The van der Waals surface area contributed by atoms with Crippen LogP contribution in [0.2, 0.25) is 0 Å². The van der Waals surface area contributed by atoms with E-state index in [0.29, 0.717) is 18.7 Å². The van der Waals surface area contributed by atoms with Gasteiger partial charge in [0.15, 0.2) is 0 Å². The van der Waals surface area contributed by atoms with Gasteiger partial charge in [0.1, 0.15) is 5.82 Å². The van der Waals surface area contributed by atoms with Crippen molar-refractivity contribution in [2.75, 3.05) is 19.6 Å². The van der Waals surface area contributed by atoms with Gasteiger partial charge >= 0.3 is 0 Å². The third kappa shape index (κ3) is 3.58. The normalized spacial score (nSPS) is 16.6. The number of piperazine rings is 1. The first-order valence-electron chi connectivity index (χ1n) is 7.67. The highest BCUT2D eigenvalue weighted by Gasteiger charge is 2.27. The lowest BCUT2D eigenvalue weighted by atomic mass is 10.0. The summed E-state index contributed by atoms with van der Waals surface area (Å²) in [6.45, 7) is 3.78. The number of nitrogens with zero attached hydrogens (tertiary/aromatic N) is 3. The first-order chi connectivity index (χ1) is 11.2. The molecule has 6 heteroatoms. The molecule has 1 fully saturated rings. The van der Waals surface area contributed by atoms with E-state index in [1.54, 1.807) is 0 Å². The van der Waals surface area contributed by atoms with E-state index < -0.39 is 0 Å². The molecule has 1 amide bonds. The van der Waals surface area contributed by atoms with Gasteiger partial charge < -0.3 is 10.3 Å². The number of imidazole rings is 1. The summed E-state index contributed by atoms with van der Waals surface area (Å²) >= 11 is 0. The summed E-state index contributed by atoms with van der Waals surface area (Å²) in [6.07, 6.45) is 2.61. The number of nitriles is 1. The van der Waals surface area contributed by atoms with E-state index in [4.69, 9.17) is 5.26 Å². The van der Waals surface area contributed by atoms with Crippen LogP contribution in [0.3, 0.4) is 0 Å². The van der Waals surface area contributed by atoms with E-state index in [1.165, 1.54) is 0 Å². The van der Waals surface area contributed by atoms with Gasteiger partial charge in [-0.1, -0.05) is 12.1 Å². The average Bonchev–Trinajstić information content (AvgIpc) is 2.99. The number of carbonyl (C=O) groups is 1. The minimum Gasteiger partial charge on any atom is -0.354 e. The molecule has 0 aliphatic carbocycles. The molecule has 1 saturated heterocycles. The minimum absolute atomic E-state index is 0.0531. The third-order valence-electron chi connectivity index (χ3n) is 4.10. The fraction of sp³-hybridized carbons (Fsp3) is 0.353. The number of hydrogen-bond acceptors (Lipinski definition) is 4. The Hall–Kier alpha value is -2.65. The number of hydrogen-bond donors (Lipinski definition) is 2. The molecule has 1 aliphatic rings. The van der Waals surface area contributed by atoms with Crippen LogP contribution in [0.5, 0.6) is 0 Å². The number of aryl methyl sites for hydroxylation is 1. The molecule has 6 nitrogen and oxygen atoms in total. The van der Waals surface area contributed by atoms with Crippen LogP contribution in [0.25, 0.3) is 0 Å². The van der Waals surface area contributed by atoms with Crippen LogP contribution in [0.4, 0.5) is 0 Å². The Labute approximate surface area is 135 Å². The van der Waals surface area contributed by atoms with Crippen LogP contribution in [0.1, 0.15) is 28.7 Å². The van der Waals surface area contributed by atoms with Crippen LogP contribution in [-0.4, -0.2) is 40.4 Å². The molecule has 3 rings (SSSR count). The first kappa shape index (κ1) is 15.3. The number of rotatable bonds is 4. The van der Waals surface area contributed by atoms with Gasteiger partial charge in [0.25, 0.3) is 0 Å². The van der Waals surface area contributed by atoms with Crippen LogP contribution in [-0.2, 0) is 11.2 Å². The van der Waals surface area contributed by atoms with Gasteiger partial charge in [0.2, 0.25) is 5.91 Å². The summed E-state index contributed by atoms with van der Waals surface area (Å²) in [5.74, 6) is 0.920. The lowest BCUT2D eigenvalue weighted by Gasteiger charge is -2.33. The van der Waals surface area contributed by atoms with Crippen molar-refractivity contribution < 1.29 is 4.79 Å². The third-order valence-corrected chi connectivity index (χ3v) is 4.10. The number of carbonyl (C=O) groups excluding carboxylic acids is 1. The molecule has 1 aromatic carbocycles. The number of amides is 1. The maximum atomic E-state index is 11.7. The van der Waals surface area contributed by atoms with Crippen LogP contribution < -0.4 is 5.32 Å². The molecule has 1 unspecified atom stereocenters. The van der Waals surface area contributed by atoms with Crippen molar-refractivity contribution in [1.29, 1.82) is 5.26 Å². The predicted molar refractivity (Wildman–Crippen MR) is 85.5 cm³/mol. The lowest BCUT2D eigenvalue weighted by Crippen LogP contribution is -2.49. The van der Waals surface area contributed by atoms with Crippen molar-refractivity contribution in [3.63, 3.8) is 0 Å². The molecule has 1 aromatic heterocycles. The lowest BCUT2D eigenvalue weighted by molar-refractivity contribution is -0.125. The fourth-order valence-electron chi connectivity index (χ4n) is 2.91. The Balaban J connectivity index is 1.85. The van der Waals surface area contributed by atoms with E-state index in [1.807, 2.05) is 37.4 Å². The zero-order chi connectivity index (χ0) is 16.2. The average molecular weight is 309 g/mol. The molecule has 1 atom stereocenters. The molecule has 1 aliphatic heterocycles. The number of aromatic nitrogens is 2. The quantitative estimate of drug-likeness (QED) is 0.891. The van der Waals surface area contributed by atoms with Gasteiger partial charge in [-0.2, -0.15) is 5.26 Å². The zero-order valence-electron chi connectivity index (χ0n) is 13.0. The van der Waals surface area contributed by atoms with E-state index in [9.17, 15) is 4.79 Å². The Kier molecular flexibility index (Phi) is 4.40. The van der Waals surface area contributed by atoms with E-state index in [0.717, 1.165) is 30.0 Å². The summed E-state index contributed by atoms with van der Waals surface area (Å²) < 4.78 is 0.